The predicted octanol–water partition coefficient (Wildman–Crippen LogP) is 1.22. The summed E-state index contributed by atoms with van der Waals surface area (Å²) in [7, 11) is 0. The van der Waals surface area contributed by atoms with Crippen LogP contribution in [0, 0.1) is 0 Å². The smallest absolute Gasteiger partial charge is 0.274 e. The minimum Gasteiger partial charge on any atom is -0.378 e. The Bertz CT molecular complexity index is 583. The summed E-state index contributed by atoms with van der Waals surface area (Å²) in [5.41, 5.74) is 2.98. The van der Waals surface area contributed by atoms with Gasteiger partial charge in [-0.05, 0) is 25.7 Å². The molecule has 1 N–H and O–H groups in total. The number of carbonyl (C=O) groups is 1. The number of nitrogens with one attached hydrogen (secondary N) is 1. The molecule has 4 rings (SSSR count). The van der Waals surface area contributed by atoms with E-state index in [0.717, 1.165) is 63.4 Å². The van der Waals surface area contributed by atoms with Crippen LogP contribution in [0.5, 0.6) is 0 Å². The number of hydrogen-bond donors (Lipinski definition) is 1. The molecular weight excluding hydrogens is 292 g/mol. The second kappa shape index (κ2) is 6.24. The van der Waals surface area contributed by atoms with Crippen molar-refractivity contribution in [1.29, 1.82) is 0 Å². The first-order valence-corrected chi connectivity index (χ1v) is 8.96. The number of H-pyrrole nitrogens is 1. The van der Waals surface area contributed by atoms with E-state index < -0.39 is 0 Å². The Hall–Kier alpha value is -1.40. The summed E-state index contributed by atoms with van der Waals surface area (Å²) >= 11 is 0. The highest BCUT2D eigenvalue weighted by Gasteiger charge is 2.37. The minimum atomic E-state index is 0.0988. The average molecular weight is 318 g/mol. The molecule has 6 nitrogen and oxygen atoms in total. The molecule has 23 heavy (non-hydrogen) atoms. The molecule has 2 saturated heterocycles. The fourth-order valence-corrected chi connectivity index (χ4v) is 4.35. The SMILES string of the molecule is CCC[C@H]1COC[C@H]2CN(C(=O)c3n[nH]c4c3CCC4)CCN12. The summed E-state index contributed by atoms with van der Waals surface area (Å²) in [6, 6.07) is 0.857. The predicted molar refractivity (Wildman–Crippen MR) is 86.5 cm³/mol. The summed E-state index contributed by atoms with van der Waals surface area (Å²) in [5, 5.41) is 7.35. The Kier molecular flexibility index (Phi) is 4.11. The molecule has 6 heteroatoms. The molecule has 1 amide bonds. The second-order valence-electron chi connectivity index (χ2n) is 7.01. The van der Waals surface area contributed by atoms with Crippen molar-refractivity contribution in [3.05, 3.63) is 17.0 Å². The Morgan fingerprint density at radius 3 is 3.13 bits per heavy atom. The quantitative estimate of drug-likeness (QED) is 0.910. The number of ether oxygens (including phenoxy) is 1. The fourth-order valence-electron chi connectivity index (χ4n) is 4.35. The van der Waals surface area contributed by atoms with E-state index in [4.69, 9.17) is 4.74 Å². The molecular formula is C17H26N4O2. The number of rotatable bonds is 3. The van der Waals surface area contributed by atoms with Crippen LogP contribution in [-0.4, -0.2) is 70.8 Å². The molecule has 2 fully saturated rings. The van der Waals surface area contributed by atoms with E-state index in [1.165, 1.54) is 12.8 Å². The largest absolute Gasteiger partial charge is 0.378 e. The van der Waals surface area contributed by atoms with Crippen molar-refractivity contribution in [1.82, 2.24) is 20.0 Å². The third-order valence-corrected chi connectivity index (χ3v) is 5.54. The summed E-state index contributed by atoms with van der Waals surface area (Å²) < 4.78 is 5.80. The fraction of sp³-hybridized carbons (Fsp3) is 0.765. The summed E-state index contributed by atoms with van der Waals surface area (Å²) in [5.74, 6) is 0.0988. The zero-order valence-corrected chi connectivity index (χ0v) is 13.9. The van der Waals surface area contributed by atoms with Gasteiger partial charge in [0.1, 0.15) is 0 Å². The number of carbonyl (C=O) groups excluding carboxylic acids is 1. The number of aromatic amines is 1. The Balaban J connectivity index is 1.46. The normalized spacial score (nSPS) is 27.8. The van der Waals surface area contributed by atoms with Gasteiger partial charge in [0.05, 0.1) is 19.3 Å². The van der Waals surface area contributed by atoms with Gasteiger partial charge in [-0.3, -0.25) is 14.8 Å². The average Bonchev–Trinajstić information content (AvgIpc) is 3.17. The molecule has 1 aromatic rings. The summed E-state index contributed by atoms with van der Waals surface area (Å²) in [6.45, 7) is 6.32. The first-order chi connectivity index (χ1) is 11.3. The van der Waals surface area contributed by atoms with Crippen LogP contribution in [-0.2, 0) is 17.6 Å². The first kappa shape index (κ1) is 15.1. The Morgan fingerprint density at radius 2 is 2.26 bits per heavy atom. The Labute approximate surface area is 137 Å². The zero-order valence-electron chi connectivity index (χ0n) is 13.9. The van der Waals surface area contributed by atoms with Crippen molar-refractivity contribution in [2.45, 2.75) is 51.1 Å². The van der Waals surface area contributed by atoms with Crippen molar-refractivity contribution < 1.29 is 9.53 Å². The van der Waals surface area contributed by atoms with E-state index in [1.54, 1.807) is 0 Å². The van der Waals surface area contributed by atoms with Crippen LogP contribution < -0.4 is 0 Å². The standard InChI is InChI=1S/C17H26N4O2/c1-2-4-12-10-23-11-13-9-20(7-8-21(12)13)17(22)16-14-5-3-6-15(14)18-19-16/h12-13H,2-11H2,1H3,(H,18,19)/t12-,13+/m0/s1. The molecule has 0 spiro atoms. The maximum Gasteiger partial charge on any atom is 0.274 e. The first-order valence-electron chi connectivity index (χ1n) is 8.96. The van der Waals surface area contributed by atoms with Crippen LogP contribution in [0.4, 0.5) is 0 Å². The highest BCUT2D eigenvalue weighted by Crippen LogP contribution is 2.26. The van der Waals surface area contributed by atoms with Crippen molar-refractivity contribution in [3.8, 4) is 0 Å². The van der Waals surface area contributed by atoms with Crippen LogP contribution in [0.15, 0.2) is 0 Å². The van der Waals surface area contributed by atoms with E-state index in [-0.39, 0.29) is 5.91 Å². The van der Waals surface area contributed by atoms with E-state index >= 15 is 0 Å². The zero-order chi connectivity index (χ0) is 15.8. The van der Waals surface area contributed by atoms with Gasteiger partial charge in [0.15, 0.2) is 5.69 Å². The monoisotopic (exact) mass is 318 g/mol. The molecule has 0 radical (unpaired) electrons. The molecule has 0 bridgehead atoms. The Morgan fingerprint density at radius 1 is 1.35 bits per heavy atom. The van der Waals surface area contributed by atoms with Gasteiger partial charge < -0.3 is 9.64 Å². The lowest BCUT2D eigenvalue weighted by Gasteiger charge is -2.47. The number of nitrogens with zero attached hydrogens (tertiary/aromatic N) is 3. The highest BCUT2D eigenvalue weighted by molar-refractivity contribution is 5.94. The van der Waals surface area contributed by atoms with Crippen molar-refractivity contribution in [3.63, 3.8) is 0 Å². The lowest BCUT2D eigenvalue weighted by atomic mass is 10.0. The topological polar surface area (TPSA) is 61.5 Å². The molecule has 0 aromatic carbocycles. The molecule has 1 aromatic heterocycles. The van der Waals surface area contributed by atoms with Gasteiger partial charge in [-0.2, -0.15) is 5.10 Å². The van der Waals surface area contributed by atoms with Crippen molar-refractivity contribution in [2.75, 3.05) is 32.8 Å². The third kappa shape index (κ3) is 2.68. The lowest BCUT2D eigenvalue weighted by molar-refractivity contribution is -0.0777. The maximum atomic E-state index is 12.9. The van der Waals surface area contributed by atoms with E-state index in [2.05, 4.69) is 22.0 Å². The van der Waals surface area contributed by atoms with Crippen LogP contribution in [0.3, 0.4) is 0 Å². The number of morpholine rings is 1. The number of hydrogen-bond acceptors (Lipinski definition) is 4. The number of amides is 1. The van der Waals surface area contributed by atoms with Gasteiger partial charge in [-0.25, -0.2) is 0 Å². The van der Waals surface area contributed by atoms with E-state index in [0.29, 0.717) is 17.8 Å². The lowest BCUT2D eigenvalue weighted by Crippen LogP contribution is -2.62. The third-order valence-electron chi connectivity index (χ3n) is 5.54. The molecule has 0 unspecified atom stereocenters. The van der Waals surface area contributed by atoms with E-state index in [1.807, 2.05) is 4.90 Å². The van der Waals surface area contributed by atoms with Crippen LogP contribution in [0.1, 0.15) is 47.9 Å². The summed E-state index contributed by atoms with van der Waals surface area (Å²) in [6.07, 6.45) is 5.50. The molecule has 3 aliphatic rings. The molecule has 0 saturated carbocycles. The number of aryl methyl sites for hydroxylation is 1. The second-order valence-corrected chi connectivity index (χ2v) is 7.01. The number of aromatic nitrogens is 2. The van der Waals surface area contributed by atoms with Gasteiger partial charge in [-0.1, -0.05) is 13.3 Å². The van der Waals surface area contributed by atoms with Gasteiger partial charge in [0.25, 0.3) is 5.91 Å². The number of piperazine rings is 1. The van der Waals surface area contributed by atoms with Crippen molar-refractivity contribution in [2.24, 2.45) is 0 Å². The maximum absolute atomic E-state index is 12.9. The van der Waals surface area contributed by atoms with Gasteiger partial charge in [0.2, 0.25) is 0 Å². The van der Waals surface area contributed by atoms with Crippen LogP contribution in [0.25, 0.3) is 0 Å². The molecule has 2 atom stereocenters. The van der Waals surface area contributed by atoms with Gasteiger partial charge in [0, 0.05) is 36.9 Å². The molecule has 126 valence electrons. The number of fused-ring (bicyclic) bond motifs is 2. The molecule has 1 aliphatic carbocycles. The van der Waals surface area contributed by atoms with Gasteiger partial charge >= 0.3 is 0 Å². The molecule has 2 aliphatic heterocycles. The van der Waals surface area contributed by atoms with Crippen molar-refractivity contribution >= 4 is 5.91 Å². The van der Waals surface area contributed by atoms with Crippen LogP contribution >= 0.6 is 0 Å². The summed E-state index contributed by atoms with van der Waals surface area (Å²) in [4.78, 5) is 17.4. The van der Waals surface area contributed by atoms with Gasteiger partial charge in [-0.15, -0.1) is 0 Å². The highest BCUT2D eigenvalue weighted by atomic mass is 16.5. The van der Waals surface area contributed by atoms with Crippen LogP contribution in [0.2, 0.25) is 0 Å². The van der Waals surface area contributed by atoms with E-state index in [9.17, 15) is 4.79 Å². The minimum absolute atomic E-state index is 0.0988. The molecule has 3 heterocycles.